The number of anilines is 1. The molecule has 0 spiro atoms. The molecule has 2 N–H and O–H groups in total. The second-order valence-electron chi connectivity index (χ2n) is 3.79. The van der Waals surface area contributed by atoms with Gasteiger partial charge in [-0.2, -0.15) is 0 Å². The van der Waals surface area contributed by atoms with Crippen molar-refractivity contribution in [2.24, 2.45) is 5.73 Å². The van der Waals surface area contributed by atoms with Crippen molar-refractivity contribution in [3.8, 4) is 0 Å². The lowest BCUT2D eigenvalue weighted by molar-refractivity contribution is 0.591. The number of nitrogens with two attached hydrogens (primary N) is 1. The van der Waals surface area contributed by atoms with E-state index in [1.54, 1.807) is 0 Å². The third-order valence-corrected chi connectivity index (χ3v) is 2.91. The van der Waals surface area contributed by atoms with Gasteiger partial charge in [0.2, 0.25) is 0 Å². The molecule has 0 saturated carbocycles. The van der Waals surface area contributed by atoms with E-state index < -0.39 is 0 Å². The summed E-state index contributed by atoms with van der Waals surface area (Å²) in [6.07, 6.45) is 4.15. The van der Waals surface area contributed by atoms with Crippen LogP contribution >= 0.6 is 0 Å². The Hall–Kier alpha value is -1.09. The Labute approximate surface area is 92.3 Å². The van der Waals surface area contributed by atoms with Gasteiger partial charge in [-0.15, -0.1) is 0 Å². The average molecular weight is 207 g/mol. The number of aromatic nitrogens is 1. The molecule has 1 aromatic rings. The highest BCUT2D eigenvalue weighted by atomic mass is 15.1. The number of hydrogen-bond acceptors (Lipinski definition) is 3. The van der Waals surface area contributed by atoms with E-state index in [4.69, 9.17) is 5.73 Å². The number of rotatable bonds is 5. The maximum absolute atomic E-state index is 5.58. The topological polar surface area (TPSA) is 42.2 Å². The molecule has 0 saturated heterocycles. The Kier molecular flexibility index (Phi) is 4.56. The van der Waals surface area contributed by atoms with Crippen molar-refractivity contribution < 1.29 is 0 Å². The Morgan fingerprint density at radius 3 is 2.60 bits per heavy atom. The van der Waals surface area contributed by atoms with Gasteiger partial charge < -0.3 is 10.6 Å². The van der Waals surface area contributed by atoms with Crippen molar-refractivity contribution in [2.75, 3.05) is 11.9 Å². The third-order valence-electron chi connectivity index (χ3n) is 2.91. The van der Waals surface area contributed by atoms with Gasteiger partial charge in [-0.1, -0.05) is 13.8 Å². The molecule has 0 amide bonds. The molecule has 3 nitrogen and oxygen atoms in total. The van der Waals surface area contributed by atoms with E-state index in [0.717, 1.165) is 18.5 Å². The van der Waals surface area contributed by atoms with Crippen LogP contribution in [0.3, 0.4) is 0 Å². The number of pyridine rings is 1. The molecule has 0 bridgehead atoms. The van der Waals surface area contributed by atoms with Gasteiger partial charge in [0.1, 0.15) is 0 Å². The second-order valence-corrected chi connectivity index (χ2v) is 3.79. The molecular weight excluding hydrogens is 186 g/mol. The summed E-state index contributed by atoms with van der Waals surface area (Å²) in [5.74, 6) is 0. The fraction of sp³-hybridized carbons (Fsp3) is 0.583. The summed E-state index contributed by atoms with van der Waals surface area (Å²) in [6.45, 7) is 4.94. The fourth-order valence-electron chi connectivity index (χ4n) is 1.84. The van der Waals surface area contributed by atoms with Gasteiger partial charge in [0.15, 0.2) is 0 Å². The van der Waals surface area contributed by atoms with Crippen LogP contribution in [0.25, 0.3) is 0 Å². The van der Waals surface area contributed by atoms with E-state index >= 15 is 0 Å². The molecule has 0 radical (unpaired) electrons. The van der Waals surface area contributed by atoms with E-state index in [1.807, 2.05) is 12.3 Å². The minimum atomic E-state index is 0.505. The largest absolute Gasteiger partial charge is 0.372 e. The smallest absolute Gasteiger partial charge is 0.0560 e. The Morgan fingerprint density at radius 2 is 2.07 bits per heavy atom. The lowest BCUT2D eigenvalue weighted by atomic mass is 10.1. The van der Waals surface area contributed by atoms with Crippen molar-refractivity contribution in [1.29, 1.82) is 0 Å². The predicted octanol–water partition coefficient (Wildman–Crippen LogP) is 2.17. The zero-order chi connectivity index (χ0) is 11.3. The highest BCUT2D eigenvalue weighted by Gasteiger charge is 2.11. The monoisotopic (exact) mass is 207 g/mol. The molecule has 0 atom stereocenters. The van der Waals surface area contributed by atoms with Gasteiger partial charge in [-0.05, 0) is 25.0 Å². The summed E-state index contributed by atoms with van der Waals surface area (Å²) in [4.78, 5) is 6.51. The summed E-state index contributed by atoms with van der Waals surface area (Å²) in [6, 6.07) is 4.70. The Bertz CT molecular complexity index is 295. The second kappa shape index (κ2) is 5.71. The molecule has 1 heterocycles. The predicted molar refractivity (Wildman–Crippen MR) is 64.9 cm³/mol. The zero-order valence-electron chi connectivity index (χ0n) is 9.90. The highest BCUT2D eigenvalue weighted by molar-refractivity contribution is 5.46. The SMILES string of the molecule is CCC(CC)N(C)c1ccnc(CN)c1. The van der Waals surface area contributed by atoms with Crippen LogP contribution in [-0.2, 0) is 6.54 Å². The van der Waals surface area contributed by atoms with Crippen LogP contribution in [0, 0.1) is 0 Å². The molecule has 0 unspecified atom stereocenters. The molecule has 0 aliphatic carbocycles. The van der Waals surface area contributed by atoms with Gasteiger partial charge in [-0.3, -0.25) is 4.98 Å². The Morgan fingerprint density at radius 1 is 1.40 bits per heavy atom. The number of hydrogen-bond donors (Lipinski definition) is 1. The lowest BCUT2D eigenvalue weighted by Gasteiger charge is -2.28. The van der Waals surface area contributed by atoms with Crippen molar-refractivity contribution in [2.45, 2.75) is 39.3 Å². The van der Waals surface area contributed by atoms with E-state index in [1.165, 1.54) is 5.69 Å². The van der Waals surface area contributed by atoms with Gasteiger partial charge >= 0.3 is 0 Å². The first-order chi connectivity index (χ1) is 7.22. The molecule has 1 aromatic heterocycles. The van der Waals surface area contributed by atoms with Gasteiger partial charge in [0, 0.05) is 31.5 Å². The van der Waals surface area contributed by atoms with Crippen molar-refractivity contribution in [3.63, 3.8) is 0 Å². The molecule has 0 aliphatic rings. The van der Waals surface area contributed by atoms with Crippen LogP contribution in [0.15, 0.2) is 18.3 Å². The van der Waals surface area contributed by atoms with Gasteiger partial charge in [0.25, 0.3) is 0 Å². The number of nitrogens with zero attached hydrogens (tertiary/aromatic N) is 2. The summed E-state index contributed by atoms with van der Waals surface area (Å²) in [7, 11) is 2.13. The summed E-state index contributed by atoms with van der Waals surface area (Å²) in [5.41, 5.74) is 7.74. The minimum Gasteiger partial charge on any atom is -0.372 e. The van der Waals surface area contributed by atoms with Crippen molar-refractivity contribution in [3.05, 3.63) is 24.0 Å². The summed E-state index contributed by atoms with van der Waals surface area (Å²) >= 11 is 0. The third kappa shape index (κ3) is 2.93. The molecular formula is C12H21N3. The van der Waals surface area contributed by atoms with Crippen LogP contribution in [0.1, 0.15) is 32.4 Å². The highest BCUT2D eigenvalue weighted by Crippen LogP contribution is 2.18. The molecule has 3 heteroatoms. The van der Waals surface area contributed by atoms with Crippen LogP contribution in [0.2, 0.25) is 0 Å². The van der Waals surface area contributed by atoms with E-state index in [9.17, 15) is 0 Å². The Balaban J connectivity index is 2.84. The van der Waals surface area contributed by atoms with E-state index in [-0.39, 0.29) is 0 Å². The molecule has 0 aromatic carbocycles. The quantitative estimate of drug-likeness (QED) is 0.804. The lowest BCUT2D eigenvalue weighted by Crippen LogP contribution is -2.30. The van der Waals surface area contributed by atoms with Crippen LogP contribution < -0.4 is 10.6 Å². The average Bonchev–Trinajstić information content (AvgIpc) is 2.30. The van der Waals surface area contributed by atoms with Crippen molar-refractivity contribution in [1.82, 2.24) is 4.98 Å². The molecule has 84 valence electrons. The first kappa shape index (κ1) is 12.0. The maximum atomic E-state index is 5.58. The maximum Gasteiger partial charge on any atom is 0.0560 e. The van der Waals surface area contributed by atoms with Gasteiger partial charge in [-0.25, -0.2) is 0 Å². The normalized spacial score (nSPS) is 10.7. The van der Waals surface area contributed by atoms with Gasteiger partial charge in [0.05, 0.1) is 5.69 Å². The minimum absolute atomic E-state index is 0.505. The molecule has 0 fully saturated rings. The fourth-order valence-corrected chi connectivity index (χ4v) is 1.84. The van der Waals surface area contributed by atoms with E-state index in [2.05, 4.69) is 36.8 Å². The standard InChI is InChI=1S/C12H21N3/c1-4-11(5-2)15(3)12-6-7-14-10(8-12)9-13/h6-8,11H,4-5,9,13H2,1-3H3. The molecule has 0 aliphatic heterocycles. The molecule has 1 rings (SSSR count). The zero-order valence-corrected chi connectivity index (χ0v) is 9.90. The van der Waals surface area contributed by atoms with Crippen molar-refractivity contribution >= 4 is 5.69 Å². The first-order valence-electron chi connectivity index (χ1n) is 5.60. The van der Waals surface area contributed by atoms with Crippen LogP contribution in [-0.4, -0.2) is 18.1 Å². The summed E-state index contributed by atoms with van der Waals surface area (Å²) < 4.78 is 0. The summed E-state index contributed by atoms with van der Waals surface area (Å²) in [5, 5.41) is 0. The van der Waals surface area contributed by atoms with Crippen LogP contribution in [0.4, 0.5) is 5.69 Å². The first-order valence-corrected chi connectivity index (χ1v) is 5.60. The molecule has 15 heavy (non-hydrogen) atoms. The van der Waals surface area contributed by atoms with Crippen LogP contribution in [0.5, 0.6) is 0 Å². The van der Waals surface area contributed by atoms with E-state index in [0.29, 0.717) is 12.6 Å².